The molecular weight excluding hydrogens is 264 g/mol. The van der Waals surface area contributed by atoms with E-state index in [1.54, 1.807) is 24.4 Å². The smallest absolute Gasteiger partial charge is 0.350 e. The summed E-state index contributed by atoms with van der Waals surface area (Å²) in [6.07, 6.45) is 1.58. The lowest BCUT2D eigenvalue weighted by molar-refractivity contribution is -0.153. The van der Waals surface area contributed by atoms with Crippen LogP contribution in [0.5, 0.6) is 0 Å². The Kier molecular flexibility index (Phi) is 2.78. The van der Waals surface area contributed by atoms with Gasteiger partial charge in [0.25, 0.3) is 0 Å². The van der Waals surface area contributed by atoms with E-state index in [2.05, 4.69) is 5.10 Å². The predicted octanol–water partition coefficient (Wildman–Crippen LogP) is -0.961. The lowest BCUT2D eigenvalue weighted by atomic mass is 10.0. The molecule has 0 radical (unpaired) electrons. The van der Waals surface area contributed by atoms with Gasteiger partial charge in [-0.05, 0) is 12.1 Å². The number of fused-ring (bicyclic) bond motifs is 1. The summed E-state index contributed by atoms with van der Waals surface area (Å²) in [4.78, 5) is 36.0. The van der Waals surface area contributed by atoms with E-state index >= 15 is 0 Å². The highest BCUT2D eigenvalue weighted by Gasteiger charge is 2.35. The van der Waals surface area contributed by atoms with Crippen molar-refractivity contribution in [3.8, 4) is 0 Å². The molecule has 0 unspecified atom stereocenters. The molecule has 1 amide bonds. The first kappa shape index (κ1) is 12.4. The van der Waals surface area contributed by atoms with Crippen molar-refractivity contribution in [1.82, 2.24) is 19.1 Å². The molecule has 1 aliphatic heterocycles. The topological polar surface area (TPSA) is 96.9 Å². The Hall–Kier alpha value is -2.64. The fraction of sp³-hybridized carbons (Fsp3) is 0.333. The van der Waals surface area contributed by atoms with Crippen molar-refractivity contribution in [3.05, 3.63) is 34.9 Å². The largest absolute Gasteiger partial charge is 0.481 e. The van der Waals surface area contributed by atoms with Gasteiger partial charge >= 0.3 is 11.7 Å². The van der Waals surface area contributed by atoms with E-state index in [4.69, 9.17) is 5.11 Å². The Morgan fingerprint density at radius 1 is 1.35 bits per heavy atom. The number of carboxylic acid groups (broad SMARTS) is 1. The number of carboxylic acids is 1. The third-order valence-corrected chi connectivity index (χ3v) is 3.36. The van der Waals surface area contributed by atoms with Crippen LogP contribution in [0.1, 0.15) is 0 Å². The predicted molar refractivity (Wildman–Crippen MR) is 67.2 cm³/mol. The molecule has 3 rings (SSSR count). The normalized spacial score (nSPS) is 15.3. The molecule has 1 N–H and O–H groups in total. The third-order valence-electron chi connectivity index (χ3n) is 3.36. The van der Waals surface area contributed by atoms with Crippen LogP contribution in [-0.4, -0.2) is 49.2 Å². The minimum atomic E-state index is -0.904. The molecule has 1 aliphatic rings. The molecule has 8 heteroatoms. The molecule has 20 heavy (non-hydrogen) atoms. The van der Waals surface area contributed by atoms with Gasteiger partial charge in [0.05, 0.1) is 5.92 Å². The lowest BCUT2D eigenvalue weighted by Gasteiger charge is -2.36. The lowest BCUT2D eigenvalue weighted by Crippen LogP contribution is -2.54. The SMILES string of the molecule is O=C(O)C1CN(C(=O)Cn2nc3ccccn3c2=O)C1. The molecule has 0 aromatic carbocycles. The van der Waals surface area contributed by atoms with Gasteiger partial charge in [-0.3, -0.25) is 14.0 Å². The van der Waals surface area contributed by atoms with E-state index in [0.29, 0.717) is 5.65 Å². The van der Waals surface area contributed by atoms with Crippen LogP contribution in [-0.2, 0) is 16.1 Å². The summed E-state index contributed by atoms with van der Waals surface area (Å²) in [5.41, 5.74) is 0.0848. The quantitative estimate of drug-likeness (QED) is 0.778. The first-order valence-electron chi connectivity index (χ1n) is 6.11. The molecule has 0 aliphatic carbocycles. The average Bonchev–Trinajstić information content (AvgIpc) is 2.64. The van der Waals surface area contributed by atoms with Crippen LogP contribution >= 0.6 is 0 Å². The Morgan fingerprint density at radius 2 is 2.10 bits per heavy atom. The highest BCUT2D eigenvalue weighted by molar-refractivity contribution is 5.80. The van der Waals surface area contributed by atoms with E-state index < -0.39 is 11.9 Å². The monoisotopic (exact) mass is 276 g/mol. The molecule has 1 fully saturated rings. The zero-order valence-corrected chi connectivity index (χ0v) is 10.5. The Balaban J connectivity index is 1.74. The van der Waals surface area contributed by atoms with Gasteiger partial charge in [0.2, 0.25) is 5.91 Å². The van der Waals surface area contributed by atoms with E-state index in [1.807, 2.05) is 0 Å². The molecule has 2 aromatic rings. The summed E-state index contributed by atoms with van der Waals surface area (Å²) in [6.45, 7) is 0.208. The zero-order chi connectivity index (χ0) is 14.3. The number of carbonyl (C=O) groups is 2. The molecule has 2 aromatic heterocycles. The number of hydrogen-bond donors (Lipinski definition) is 1. The minimum Gasteiger partial charge on any atom is -0.481 e. The highest BCUT2D eigenvalue weighted by Crippen LogP contribution is 2.15. The maximum absolute atomic E-state index is 12.0. The van der Waals surface area contributed by atoms with Crippen LogP contribution in [0, 0.1) is 5.92 Å². The van der Waals surface area contributed by atoms with Crippen molar-refractivity contribution >= 4 is 17.5 Å². The fourth-order valence-corrected chi connectivity index (χ4v) is 2.14. The summed E-state index contributed by atoms with van der Waals surface area (Å²) >= 11 is 0. The van der Waals surface area contributed by atoms with Crippen molar-refractivity contribution < 1.29 is 14.7 Å². The second-order valence-corrected chi connectivity index (χ2v) is 4.70. The number of nitrogens with zero attached hydrogens (tertiary/aromatic N) is 4. The van der Waals surface area contributed by atoms with Gasteiger partial charge in [-0.15, -0.1) is 5.10 Å². The molecular formula is C12H12N4O4. The molecule has 0 bridgehead atoms. The van der Waals surface area contributed by atoms with Crippen molar-refractivity contribution in [2.75, 3.05) is 13.1 Å². The molecule has 0 saturated carbocycles. The Bertz CT molecular complexity index is 741. The summed E-state index contributed by atoms with van der Waals surface area (Å²) in [7, 11) is 0. The molecule has 3 heterocycles. The molecule has 1 saturated heterocycles. The summed E-state index contributed by atoms with van der Waals surface area (Å²) < 4.78 is 2.44. The maximum Gasteiger partial charge on any atom is 0.350 e. The second-order valence-electron chi connectivity index (χ2n) is 4.70. The van der Waals surface area contributed by atoms with Crippen molar-refractivity contribution in [1.29, 1.82) is 0 Å². The van der Waals surface area contributed by atoms with E-state index in [9.17, 15) is 14.4 Å². The second kappa shape index (κ2) is 4.48. The number of carbonyl (C=O) groups excluding carboxylic acids is 1. The van der Waals surface area contributed by atoms with Crippen LogP contribution in [0.4, 0.5) is 0 Å². The van der Waals surface area contributed by atoms with Crippen molar-refractivity contribution in [3.63, 3.8) is 0 Å². The van der Waals surface area contributed by atoms with Gasteiger partial charge in [-0.2, -0.15) is 0 Å². The fourth-order valence-electron chi connectivity index (χ4n) is 2.14. The van der Waals surface area contributed by atoms with Gasteiger partial charge in [0.15, 0.2) is 5.65 Å². The number of pyridine rings is 1. The van der Waals surface area contributed by atoms with Gasteiger partial charge < -0.3 is 10.0 Å². The summed E-state index contributed by atoms with van der Waals surface area (Å²) in [5, 5.41) is 12.8. The third kappa shape index (κ3) is 1.94. The van der Waals surface area contributed by atoms with Crippen LogP contribution in [0.3, 0.4) is 0 Å². The number of rotatable bonds is 3. The average molecular weight is 276 g/mol. The van der Waals surface area contributed by atoms with Gasteiger partial charge in [0, 0.05) is 19.3 Å². The van der Waals surface area contributed by atoms with Gasteiger partial charge in [0.1, 0.15) is 6.54 Å². The van der Waals surface area contributed by atoms with E-state index in [0.717, 1.165) is 4.68 Å². The molecule has 0 atom stereocenters. The maximum atomic E-state index is 12.0. The molecule has 0 spiro atoms. The summed E-state index contributed by atoms with van der Waals surface area (Å²) in [6, 6.07) is 5.13. The van der Waals surface area contributed by atoms with Crippen LogP contribution in [0.2, 0.25) is 0 Å². The van der Waals surface area contributed by atoms with E-state index in [1.165, 1.54) is 9.30 Å². The number of aliphatic carboxylic acids is 1. The molecule has 8 nitrogen and oxygen atoms in total. The Labute approximate surface area is 112 Å². The number of amides is 1. The number of likely N-dealkylation sites (tertiary alicyclic amines) is 1. The van der Waals surface area contributed by atoms with Gasteiger partial charge in [-0.1, -0.05) is 6.07 Å². The number of hydrogen-bond acceptors (Lipinski definition) is 4. The van der Waals surface area contributed by atoms with Gasteiger partial charge in [-0.25, -0.2) is 9.48 Å². The number of aromatic nitrogens is 3. The Morgan fingerprint density at radius 3 is 2.75 bits per heavy atom. The van der Waals surface area contributed by atoms with Crippen LogP contribution < -0.4 is 5.69 Å². The standard InChI is InChI=1S/C12H12N4O4/c17-10(14-5-8(6-14)11(18)19)7-16-12(20)15-4-2-1-3-9(15)13-16/h1-4,8H,5-7H2,(H,18,19). The van der Waals surface area contributed by atoms with Crippen LogP contribution in [0.15, 0.2) is 29.2 Å². The van der Waals surface area contributed by atoms with Crippen molar-refractivity contribution in [2.24, 2.45) is 5.92 Å². The summed E-state index contributed by atoms with van der Waals surface area (Å²) in [5.74, 6) is -1.70. The van der Waals surface area contributed by atoms with Crippen LogP contribution in [0.25, 0.3) is 5.65 Å². The first-order valence-corrected chi connectivity index (χ1v) is 6.11. The first-order chi connectivity index (χ1) is 9.56. The highest BCUT2D eigenvalue weighted by atomic mass is 16.4. The molecule has 104 valence electrons. The van der Waals surface area contributed by atoms with E-state index in [-0.39, 0.29) is 31.2 Å². The van der Waals surface area contributed by atoms with Crippen molar-refractivity contribution in [2.45, 2.75) is 6.54 Å². The zero-order valence-electron chi connectivity index (χ0n) is 10.5. The minimum absolute atomic E-state index is 0.174.